The molecule has 1 aliphatic heterocycles. The molecule has 1 aromatic carbocycles. The van der Waals surface area contributed by atoms with Crippen LogP contribution in [0.2, 0.25) is 0 Å². The van der Waals surface area contributed by atoms with Crippen molar-refractivity contribution in [1.82, 2.24) is 20.3 Å². The zero-order valence-electron chi connectivity index (χ0n) is 18.5. The first kappa shape index (κ1) is 24.5. The van der Waals surface area contributed by atoms with Crippen molar-refractivity contribution < 1.29 is 31.9 Å². The van der Waals surface area contributed by atoms with Crippen molar-refractivity contribution >= 4 is 28.8 Å². The van der Waals surface area contributed by atoms with Gasteiger partial charge in [0.05, 0.1) is 23.8 Å². The Bertz CT molecular complexity index is 1260. The van der Waals surface area contributed by atoms with Crippen molar-refractivity contribution in [3.8, 4) is 16.3 Å². The van der Waals surface area contributed by atoms with E-state index in [0.717, 1.165) is 17.3 Å². The van der Waals surface area contributed by atoms with Crippen LogP contribution in [0, 0.1) is 6.92 Å². The van der Waals surface area contributed by atoms with Gasteiger partial charge in [0.1, 0.15) is 11.7 Å². The molecule has 184 valence electrons. The Balaban J connectivity index is 1.68. The van der Waals surface area contributed by atoms with Crippen molar-refractivity contribution in [2.75, 3.05) is 24.7 Å². The molecular formula is C22H19F4N5O3S. The third kappa shape index (κ3) is 5.09. The van der Waals surface area contributed by atoms with Crippen molar-refractivity contribution in [1.29, 1.82) is 0 Å². The minimum atomic E-state index is -4.68. The lowest BCUT2D eigenvalue weighted by molar-refractivity contribution is -0.145. The van der Waals surface area contributed by atoms with Gasteiger partial charge < -0.3 is 15.0 Å². The van der Waals surface area contributed by atoms with Gasteiger partial charge in [-0.05, 0) is 26.0 Å². The monoisotopic (exact) mass is 509 g/mol. The Labute approximate surface area is 201 Å². The first-order valence-corrected chi connectivity index (χ1v) is 11.2. The zero-order chi connectivity index (χ0) is 25.3. The number of alkyl halides is 4. The number of fused-ring (bicyclic) bond motifs is 1. The highest BCUT2D eigenvalue weighted by Crippen LogP contribution is 2.43. The first-order chi connectivity index (χ1) is 16.6. The van der Waals surface area contributed by atoms with Crippen molar-refractivity contribution in [3.63, 3.8) is 0 Å². The third-order valence-electron chi connectivity index (χ3n) is 5.20. The van der Waals surface area contributed by atoms with Crippen molar-refractivity contribution in [2.24, 2.45) is 0 Å². The summed E-state index contributed by atoms with van der Waals surface area (Å²) in [6.45, 7) is 2.14. The number of hydrogen-bond donors (Lipinski definition) is 1. The fourth-order valence-corrected chi connectivity index (χ4v) is 4.26. The lowest BCUT2D eigenvalue weighted by Crippen LogP contribution is -2.40. The van der Waals surface area contributed by atoms with Crippen LogP contribution >= 0.6 is 11.3 Å². The van der Waals surface area contributed by atoms with E-state index in [4.69, 9.17) is 4.74 Å². The molecule has 1 N–H and O–H groups in total. The average Bonchev–Trinajstić information content (AvgIpc) is 3.25. The van der Waals surface area contributed by atoms with Crippen molar-refractivity contribution in [2.45, 2.75) is 26.1 Å². The maximum Gasteiger partial charge on any atom is 0.451 e. The Hall–Kier alpha value is -3.61. The van der Waals surface area contributed by atoms with E-state index in [-0.39, 0.29) is 30.0 Å². The van der Waals surface area contributed by atoms with Gasteiger partial charge in [-0.2, -0.15) is 13.2 Å². The number of carbonyl (C=O) groups is 2. The summed E-state index contributed by atoms with van der Waals surface area (Å²) in [5.74, 6) is -2.00. The Morgan fingerprint density at radius 1 is 1.23 bits per heavy atom. The number of anilines is 1. The number of hydrogen-bond acceptors (Lipinski definition) is 7. The predicted octanol–water partition coefficient (Wildman–Crippen LogP) is 4.11. The molecule has 0 spiro atoms. The number of ether oxygens (including phenoxy) is 1. The third-order valence-corrected chi connectivity index (χ3v) is 6.14. The Morgan fingerprint density at radius 3 is 2.54 bits per heavy atom. The predicted molar refractivity (Wildman–Crippen MR) is 119 cm³/mol. The average molecular weight is 509 g/mol. The molecule has 1 aliphatic rings. The second-order valence-corrected chi connectivity index (χ2v) is 8.94. The molecule has 35 heavy (non-hydrogen) atoms. The molecule has 0 unspecified atom stereocenters. The minimum absolute atomic E-state index is 0.133. The van der Waals surface area contributed by atoms with Crippen LogP contribution in [0.5, 0.6) is 5.75 Å². The summed E-state index contributed by atoms with van der Waals surface area (Å²) in [5, 5.41) is 3.23. The molecule has 1 atom stereocenters. The van der Waals surface area contributed by atoms with E-state index in [1.165, 1.54) is 22.3 Å². The van der Waals surface area contributed by atoms with E-state index >= 15 is 0 Å². The Kier molecular flexibility index (Phi) is 6.70. The highest BCUT2D eigenvalue weighted by molar-refractivity contribution is 7.15. The van der Waals surface area contributed by atoms with Crippen LogP contribution in [0.15, 0.2) is 30.7 Å². The second-order valence-electron chi connectivity index (χ2n) is 7.70. The van der Waals surface area contributed by atoms with Crippen LogP contribution in [0.3, 0.4) is 0 Å². The van der Waals surface area contributed by atoms with Gasteiger partial charge in [-0.25, -0.2) is 19.3 Å². The lowest BCUT2D eigenvalue weighted by Gasteiger charge is -2.30. The normalized spacial score (nSPS) is 14.3. The van der Waals surface area contributed by atoms with Crippen LogP contribution < -0.4 is 15.0 Å². The number of benzene rings is 1. The van der Waals surface area contributed by atoms with Gasteiger partial charge in [0.15, 0.2) is 12.4 Å². The zero-order valence-corrected chi connectivity index (χ0v) is 19.3. The van der Waals surface area contributed by atoms with Crippen molar-refractivity contribution in [3.05, 3.63) is 52.6 Å². The fourth-order valence-electron chi connectivity index (χ4n) is 3.48. The summed E-state index contributed by atoms with van der Waals surface area (Å²) >= 11 is 1.35. The molecule has 0 bridgehead atoms. The van der Waals surface area contributed by atoms with E-state index in [0.29, 0.717) is 16.3 Å². The number of nitrogens with one attached hydrogen (secondary N) is 1. The van der Waals surface area contributed by atoms with Crippen LogP contribution in [-0.2, 0) is 11.0 Å². The molecule has 4 rings (SSSR count). The molecule has 0 aliphatic carbocycles. The van der Waals surface area contributed by atoms with Gasteiger partial charge in [0, 0.05) is 34.6 Å². The maximum absolute atomic E-state index is 13.2. The second kappa shape index (κ2) is 9.56. The van der Waals surface area contributed by atoms with E-state index in [1.807, 2.05) is 6.92 Å². The number of thiazole rings is 1. The van der Waals surface area contributed by atoms with Crippen LogP contribution in [0.1, 0.15) is 39.6 Å². The largest absolute Gasteiger partial charge is 0.481 e. The highest BCUT2D eigenvalue weighted by atomic mass is 32.1. The summed E-state index contributed by atoms with van der Waals surface area (Å²) in [6, 6.07) is 2.23. The number of aryl methyl sites for hydroxylation is 1. The van der Waals surface area contributed by atoms with Gasteiger partial charge in [0.25, 0.3) is 11.8 Å². The number of carbonyl (C=O) groups excluding carboxylic acids is 2. The maximum atomic E-state index is 13.2. The molecule has 13 heteroatoms. The molecule has 2 amide bonds. The van der Waals surface area contributed by atoms with E-state index in [9.17, 15) is 27.2 Å². The minimum Gasteiger partial charge on any atom is -0.481 e. The molecule has 8 nitrogen and oxygen atoms in total. The van der Waals surface area contributed by atoms with Crippen LogP contribution in [-0.4, -0.2) is 46.6 Å². The fraction of sp³-hybridized carbons (Fsp3) is 0.318. The topological polar surface area (TPSA) is 97.3 Å². The molecule has 0 fully saturated rings. The molecule has 0 saturated heterocycles. The number of nitrogens with zero attached hydrogens (tertiary/aromatic N) is 4. The van der Waals surface area contributed by atoms with Gasteiger partial charge in [-0.1, -0.05) is 0 Å². The van der Waals surface area contributed by atoms with E-state index in [2.05, 4.69) is 20.3 Å². The van der Waals surface area contributed by atoms with Crippen LogP contribution in [0.25, 0.3) is 10.6 Å². The number of aromatic nitrogens is 3. The molecule has 0 saturated carbocycles. The number of rotatable bonds is 6. The van der Waals surface area contributed by atoms with Gasteiger partial charge in [0.2, 0.25) is 5.82 Å². The smallest absolute Gasteiger partial charge is 0.451 e. The molecule has 0 radical (unpaired) electrons. The molecular weight excluding hydrogens is 490 g/mol. The van der Waals surface area contributed by atoms with Gasteiger partial charge in [-0.3, -0.25) is 9.59 Å². The number of halogens is 4. The number of amides is 2. The lowest BCUT2D eigenvalue weighted by atomic mass is 10.0. The van der Waals surface area contributed by atoms with Gasteiger partial charge in [-0.15, -0.1) is 11.3 Å². The van der Waals surface area contributed by atoms with Gasteiger partial charge >= 0.3 is 6.18 Å². The quantitative estimate of drug-likeness (QED) is 0.503. The standard InChI is InChI=1S/C22H19F4N5O3S/c1-11-7-27-20(35-11)15-5-13(6-16-18(15)34-10-17(32)31(16)4-3-23)19(33)30-12(2)14-8-28-21(29-9-14)22(24,25)26/h5-9,12H,3-4,10H2,1-2H3,(H,30,33)/t12-/m1/s1. The summed E-state index contributed by atoms with van der Waals surface area (Å²) < 4.78 is 57.0. The van der Waals surface area contributed by atoms with E-state index in [1.54, 1.807) is 19.2 Å². The van der Waals surface area contributed by atoms with E-state index < -0.39 is 36.5 Å². The highest BCUT2D eigenvalue weighted by Gasteiger charge is 2.34. The Morgan fingerprint density at radius 2 is 1.94 bits per heavy atom. The van der Waals surface area contributed by atoms with Crippen LogP contribution in [0.4, 0.5) is 23.2 Å². The molecule has 2 aromatic heterocycles. The summed E-state index contributed by atoms with van der Waals surface area (Å²) in [5.41, 5.74) is 1.10. The summed E-state index contributed by atoms with van der Waals surface area (Å²) in [7, 11) is 0. The SMILES string of the molecule is Cc1cnc(-c2cc(C(=O)N[C@H](C)c3cnc(C(F)(F)F)nc3)cc3c2OCC(=O)N3CCF)s1. The molecule has 3 aromatic rings. The summed E-state index contributed by atoms with van der Waals surface area (Å²) in [6.07, 6.45) is -1.04. The molecule has 3 heterocycles. The summed E-state index contributed by atoms with van der Waals surface area (Å²) in [4.78, 5) is 38.6. The first-order valence-electron chi connectivity index (χ1n) is 10.4.